The second-order valence-corrected chi connectivity index (χ2v) is 3.20. The number of aromatic nitrogens is 1. The lowest BCUT2D eigenvalue weighted by molar-refractivity contribution is -0.145. The molecular formula is C10H10N2O5. The summed E-state index contributed by atoms with van der Waals surface area (Å²) >= 11 is 0. The van der Waals surface area contributed by atoms with Crippen LogP contribution in [0.2, 0.25) is 0 Å². The smallest absolute Gasteiger partial charge is 0.326 e. The van der Waals surface area contributed by atoms with Crippen LogP contribution in [0.4, 0.5) is 0 Å². The van der Waals surface area contributed by atoms with Gasteiger partial charge in [0.15, 0.2) is 0 Å². The number of aliphatic carboxylic acids is 2. The molecule has 1 aromatic rings. The molecule has 7 heteroatoms. The molecule has 0 saturated carbocycles. The summed E-state index contributed by atoms with van der Waals surface area (Å²) in [5, 5.41) is 19.3. The van der Waals surface area contributed by atoms with Crippen LogP contribution < -0.4 is 5.32 Å². The maximum atomic E-state index is 11.5. The molecule has 17 heavy (non-hydrogen) atoms. The highest BCUT2D eigenvalue weighted by Crippen LogP contribution is 1.99. The standard InChI is InChI=1S/C10H10N2O5/c13-8(14)4-7(10(16)17)12-9(15)6-2-1-3-11-5-6/h1-3,5,7H,4H2,(H,12,15)(H,13,14)(H,16,17)/t7-/m0/s1. The average Bonchev–Trinajstić information content (AvgIpc) is 2.28. The van der Waals surface area contributed by atoms with Crippen molar-refractivity contribution < 1.29 is 24.6 Å². The maximum absolute atomic E-state index is 11.5. The number of hydrogen-bond donors (Lipinski definition) is 3. The molecule has 0 aliphatic rings. The summed E-state index contributed by atoms with van der Waals surface area (Å²) < 4.78 is 0. The predicted molar refractivity (Wildman–Crippen MR) is 55.4 cm³/mol. The van der Waals surface area contributed by atoms with E-state index < -0.39 is 30.3 Å². The van der Waals surface area contributed by atoms with Crippen molar-refractivity contribution in [2.75, 3.05) is 0 Å². The summed E-state index contributed by atoms with van der Waals surface area (Å²) in [5.74, 6) is -3.37. The summed E-state index contributed by atoms with van der Waals surface area (Å²) in [6.07, 6.45) is 2.04. The van der Waals surface area contributed by atoms with Crippen LogP contribution in [0.5, 0.6) is 0 Å². The minimum absolute atomic E-state index is 0.170. The van der Waals surface area contributed by atoms with Crippen molar-refractivity contribution in [2.45, 2.75) is 12.5 Å². The van der Waals surface area contributed by atoms with E-state index in [1.54, 1.807) is 0 Å². The van der Waals surface area contributed by atoms with E-state index in [0.717, 1.165) is 0 Å². The monoisotopic (exact) mass is 238 g/mol. The molecule has 1 atom stereocenters. The zero-order valence-electron chi connectivity index (χ0n) is 8.66. The average molecular weight is 238 g/mol. The van der Waals surface area contributed by atoms with Crippen LogP contribution in [0.3, 0.4) is 0 Å². The Labute approximate surface area is 96.1 Å². The van der Waals surface area contributed by atoms with E-state index in [4.69, 9.17) is 10.2 Å². The molecule has 1 rings (SSSR count). The van der Waals surface area contributed by atoms with Crippen molar-refractivity contribution in [3.05, 3.63) is 30.1 Å². The predicted octanol–water partition coefficient (Wildman–Crippen LogP) is -0.261. The molecule has 1 heterocycles. The molecule has 0 fully saturated rings. The molecule has 1 amide bonds. The van der Waals surface area contributed by atoms with E-state index in [2.05, 4.69) is 10.3 Å². The lowest BCUT2D eigenvalue weighted by Crippen LogP contribution is -2.42. The summed E-state index contributed by atoms with van der Waals surface area (Å²) in [6.45, 7) is 0. The van der Waals surface area contributed by atoms with Gasteiger partial charge in [0, 0.05) is 12.4 Å². The lowest BCUT2D eigenvalue weighted by Gasteiger charge is -2.11. The molecule has 0 saturated heterocycles. The first kappa shape index (κ1) is 12.6. The first-order valence-electron chi connectivity index (χ1n) is 4.66. The summed E-state index contributed by atoms with van der Waals surface area (Å²) in [4.78, 5) is 36.3. The molecule has 0 unspecified atom stereocenters. The second-order valence-electron chi connectivity index (χ2n) is 3.20. The topological polar surface area (TPSA) is 117 Å². The van der Waals surface area contributed by atoms with Gasteiger partial charge in [0.25, 0.3) is 5.91 Å². The molecule has 0 aromatic carbocycles. The van der Waals surface area contributed by atoms with Gasteiger partial charge in [-0.3, -0.25) is 14.6 Å². The quantitative estimate of drug-likeness (QED) is 0.650. The van der Waals surface area contributed by atoms with Crippen molar-refractivity contribution in [3.63, 3.8) is 0 Å². The van der Waals surface area contributed by atoms with Gasteiger partial charge >= 0.3 is 11.9 Å². The first-order chi connectivity index (χ1) is 8.00. The van der Waals surface area contributed by atoms with E-state index in [9.17, 15) is 14.4 Å². The largest absolute Gasteiger partial charge is 0.481 e. The molecule has 0 aliphatic heterocycles. The highest BCUT2D eigenvalue weighted by Gasteiger charge is 2.23. The fourth-order valence-electron chi connectivity index (χ4n) is 1.11. The number of rotatable bonds is 5. The Kier molecular flexibility index (Phi) is 4.15. The van der Waals surface area contributed by atoms with Gasteiger partial charge in [-0.15, -0.1) is 0 Å². The molecule has 7 nitrogen and oxygen atoms in total. The summed E-state index contributed by atoms with van der Waals surface area (Å²) in [7, 11) is 0. The van der Waals surface area contributed by atoms with Crippen LogP contribution in [-0.2, 0) is 9.59 Å². The van der Waals surface area contributed by atoms with Gasteiger partial charge in [-0.25, -0.2) is 4.79 Å². The van der Waals surface area contributed by atoms with Crippen molar-refractivity contribution in [1.82, 2.24) is 10.3 Å². The molecule has 0 radical (unpaired) electrons. The Morgan fingerprint density at radius 3 is 2.53 bits per heavy atom. The summed E-state index contributed by atoms with van der Waals surface area (Å²) in [6, 6.07) is 1.50. The summed E-state index contributed by atoms with van der Waals surface area (Å²) in [5.41, 5.74) is 0.170. The Hall–Kier alpha value is -2.44. The first-order valence-corrected chi connectivity index (χ1v) is 4.66. The third-order valence-electron chi connectivity index (χ3n) is 1.91. The van der Waals surface area contributed by atoms with E-state index in [-0.39, 0.29) is 5.56 Å². The van der Waals surface area contributed by atoms with Gasteiger partial charge in [0.2, 0.25) is 0 Å². The van der Waals surface area contributed by atoms with Gasteiger partial charge in [-0.1, -0.05) is 0 Å². The normalized spacial score (nSPS) is 11.5. The van der Waals surface area contributed by atoms with Crippen LogP contribution >= 0.6 is 0 Å². The van der Waals surface area contributed by atoms with Crippen LogP contribution in [0.1, 0.15) is 16.8 Å². The number of carboxylic acids is 2. The van der Waals surface area contributed by atoms with Gasteiger partial charge in [-0.05, 0) is 12.1 Å². The molecule has 0 spiro atoms. The molecule has 0 bridgehead atoms. The van der Waals surface area contributed by atoms with Gasteiger partial charge in [-0.2, -0.15) is 0 Å². The number of nitrogens with zero attached hydrogens (tertiary/aromatic N) is 1. The number of hydrogen-bond acceptors (Lipinski definition) is 4. The fraction of sp³-hybridized carbons (Fsp3) is 0.200. The Bertz CT molecular complexity index is 432. The maximum Gasteiger partial charge on any atom is 0.326 e. The van der Waals surface area contributed by atoms with Gasteiger partial charge < -0.3 is 15.5 Å². The Morgan fingerprint density at radius 2 is 2.06 bits per heavy atom. The minimum Gasteiger partial charge on any atom is -0.481 e. The minimum atomic E-state index is -1.46. The zero-order chi connectivity index (χ0) is 12.8. The number of carbonyl (C=O) groups is 3. The number of pyridine rings is 1. The number of nitrogens with one attached hydrogen (secondary N) is 1. The molecule has 1 aromatic heterocycles. The third-order valence-corrected chi connectivity index (χ3v) is 1.91. The van der Waals surface area contributed by atoms with Crippen molar-refractivity contribution in [3.8, 4) is 0 Å². The van der Waals surface area contributed by atoms with Gasteiger partial charge in [0.1, 0.15) is 6.04 Å². The zero-order valence-corrected chi connectivity index (χ0v) is 8.66. The van der Waals surface area contributed by atoms with Crippen LogP contribution in [0, 0.1) is 0 Å². The van der Waals surface area contributed by atoms with Crippen molar-refractivity contribution >= 4 is 17.8 Å². The highest BCUT2D eigenvalue weighted by molar-refractivity contribution is 5.97. The number of carboxylic acid groups (broad SMARTS) is 2. The van der Waals surface area contributed by atoms with E-state index in [1.165, 1.54) is 24.5 Å². The van der Waals surface area contributed by atoms with Crippen molar-refractivity contribution in [2.24, 2.45) is 0 Å². The fourth-order valence-corrected chi connectivity index (χ4v) is 1.11. The van der Waals surface area contributed by atoms with E-state index >= 15 is 0 Å². The van der Waals surface area contributed by atoms with E-state index in [0.29, 0.717) is 0 Å². The third kappa shape index (κ3) is 3.90. The highest BCUT2D eigenvalue weighted by atomic mass is 16.4. The molecule has 3 N–H and O–H groups in total. The second kappa shape index (κ2) is 5.59. The van der Waals surface area contributed by atoms with Crippen molar-refractivity contribution in [1.29, 1.82) is 0 Å². The van der Waals surface area contributed by atoms with Gasteiger partial charge in [0.05, 0.1) is 12.0 Å². The SMILES string of the molecule is O=C(O)C[C@H](NC(=O)c1cccnc1)C(=O)O. The number of amides is 1. The molecule has 0 aliphatic carbocycles. The molecular weight excluding hydrogens is 228 g/mol. The van der Waals surface area contributed by atoms with E-state index in [1.807, 2.05) is 0 Å². The Balaban J connectivity index is 2.71. The number of carbonyl (C=O) groups excluding carboxylic acids is 1. The van der Waals surface area contributed by atoms with Crippen LogP contribution in [0.25, 0.3) is 0 Å². The lowest BCUT2D eigenvalue weighted by atomic mass is 10.2. The van der Waals surface area contributed by atoms with Crippen LogP contribution in [-0.4, -0.2) is 39.1 Å². The Morgan fingerprint density at radius 1 is 1.35 bits per heavy atom. The van der Waals surface area contributed by atoms with Crippen LogP contribution in [0.15, 0.2) is 24.5 Å². The molecule has 90 valence electrons.